The Hall–Kier alpha value is -2.38. The first-order valence-electron chi connectivity index (χ1n) is 9.87. The van der Waals surface area contributed by atoms with Crippen LogP contribution < -0.4 is 45.7 Å². The van der Waals surface area contributed by atoms with Crippen LogP contribution in [-0.4, -0.2) is 55.7 Å². The maximum Gasteiger partial charge on any atom is 1.00 e. The number of benzene rings is 1. The van der Waals surface area contributed by atoms with E-state index in [0.717, 1.165) is 22.2 Å². The van der Waals surface area contributed by atoms with Crippen molar-refractivity contribution in [3.8, 4) is 0 Å². The molecule has 0 spiro atoms. The van der Waals surface area contributed by atoms with E-state index in [-0.39, 0.29) is 52.7 Å². The molecule has 0 bridgehead atoms. The molecule has 2 aromatic rings. The van der Waals surface area contributed by atoms with Crippen molar-refractivity contribution in [2.24, 2.45) is 10.7 Å². The molecule has 3 N–H and O–H groups in total. The molecule has 0 aliphatic carbocycles. The third-order valence-electron chi connectivity index (χ3n) is 4.77. The molecule has 2 aliphatic heterocycles. The van der Waals surface area contributed by atoms with Crippen LogP contribution in [0.15, 0.2) is 63.3 Å². The van der Waals surface area contributed by atoms with Crippen LogP contribution in [0.2, 0.25) is 0 Å². The minimum Gasteiger partial charge on any atom is -0.543 e. The number of rotatable bonds is 7. The topological polar surface area (TPSA) is 154 Å². The van der Waals surface area contributed by atoms with Crippen molar-refractivity contribution < 1.29 is 49.0 Å². The minimum atomic E-state index is -1.47. The molecule has 10 nitrogen and oxygen atoms in total. The number of carboxylic acids is 1. The molecule has 34 heavy (non-hydrogen) atoms. The van der Waals surface area contributed by atoms with Gasteiger partial charge < -0.3 is 21.0 Å². The Labute approximate surface area is 226 Å². The Morgan fingerprint density at radius 1 is 1.32 bits per heavy atom. The predicted molar refractivity (Wildman–Crippen MR) is 122 cm³/mol. The maximum atomic E-state index is 12.8. The van der Waals surface area contributed by atoms with Crippen LogP contribution in [0.1, 0.15) is 12.5 Å². The summed E-state index contributed by atoms with van der Waals surface area (Å²) < 4.78 is 0. The number of carboxylic acid groups (broad SMARTS) is 1. The fourth-order valence-electron chi connectivity index (χ4n) is 3.40. The molecular weight excluding hydrogens is 487 g/mol. The van der Waals surface area contributed by atoms with Crippen LogP contribution in [0, 0.1) is 0 Å². The van der Waals surface area contributed by atoms with Crippen molar-refractivity contribution >= 4 is 53.0 Å². The van der Waals surface area contributed by atoms with E-state index < -0.39 is 23.3 Å². The summed E-state index contributed by atoms with van der Waals surface area (Å²) in [5.41, 5.74) is 6.17. The number of carbonyl (C=O) groups excluding carboxylic acids is 3. The minimum absolute atomic E-state index is 0. The summed E-state index contributed by atoms with van der Waals surface area (Å²) >= 11 is 2.38. The van der Waals surface area contributed by atoms with E-state index in [1.54, 1.807) is 13.0 Å². The number of nitrogens with zero attached hydrogens (tertiary/aromatic N) is 4. The molecule has 170 valence electrons. The second-order valence-electron chi connectivity index (χ2n) is 7.23. The van der Waals surface area contributed by atoms with E-state index in [0.29, 0.717) is 22.3 Å². The SMILES string of the molecule is CC(N)=Nc1ccnc(SC2=C(C(=O)[O-])N3C(=O)C(NC(=O)Cc4ccccc4)[C@H]3SC2)n1.[Na+]. The first-order chi connectivity index (χ1) is 15.8. The van der Waals surface area contributed by atoms with E-state index >= 15 is 0 Å². The summed E-state index contributed by atoms with van der Waals surface area (Å²) in [7, 11) is 0. The number of carbonyl (C=O) groups is 3. The molecule has 2 aliphatic rings. The van der Waals surface area contributed by atoms with Gasteiger partial charge in [-0.2, -0.15) is 0 Å². The van der Waals surface area contributed by atoms with Gasteiger partial charge in [0, 0.05) is 22.9 Å². The quantitative estimate of drug-likeness (QED) is 0.133. The fraction of sp³-hybridized carbons (Fsp3) is 0.238. The number of amides is 2. The monoisotopic (exact) mass is 506 g/mol. The van der Waals surface area contributed by atoms with Gasteiger partial charge >= 0.3 is 29.6 Å². The van der Waals surface area contributed by atoms with Crippen molar-refractivity contribution in [2.75, 3.05) is 5.75 Å². The third-order valence-corrected chi connectivity index (χ3v) is 7.20. The molecule has 2 atom stereocenters. The second-order valence-corrected chi connectivity index (χ2v) is 9.40. The van der Waals surface area contributed by atoms with Crippen LogP contribution in [0.25, 0.3) is 0 Å². The number of hydrogen-bond acceptors (Lipinski definition) is 9. The van der Waals surface area contributed by atoms with Crippen molar-refractivity contribution in [1.82, 2.24) is 20.2 Å². The molecule has 13 heteroatoms. The van der Waals surface area contributed by atoms with E-state index in [1.807, 2.05) is 30.3 Å². The van der Waals surface area contributed by atoms with Gasteiger partial charge in [0.25, 0.3) is 5.91 Å². The van der Waals surface area contributed by atoms with Crippen molar-refractivity contribution in [1.29, 1.82) is 0 Å². The number of hydrogen-bond donors (Lipinski definition) is 2. The summed E-state index contributed by atoms with van der Waals surface area (Å²) in [5, 5.41) is 14.4. The summed E-state index contributed by atoms with van der Waals surface area (Å²) in [6, 6.07) is 9.92. The second kappa shape index (κ2) is 11.4. The van der Waals surface area contributed by atoms with Crippen molar-refractivity contribution in [3.05, 3.63) is 58.8 Å². The summed E-state index contributed by atoms with van der Waals surface area (Å²) in [4.78, 5) is 51.1. The number of aliphatic imine (C=N–C) groups is 1. The molecule has 0 saturated carbocycles. The average molecular weight is 507 g/mol. The fourth-order valence-corrected chi connectivity index (χ4v) is 5.78. The molecule has 2 amide bonds. The van der Waals surface area contributed by atoms with Gasteiger partial charge in [0.15, 0.2) is 11.0 Å². The molecule has 3 heterocycles. The number of thioether (sulfide) groups is 2. The van der Waals surface area contributed by atoms with Gasteiger partial charge in [-0.05, 0) is 12.5 Å². The largest absolute Gasteiger partial charge is 1.00 e. The Balaban J connectivity index is 0.00000324. The standard InChI is InChI=1S/C21H20N6O4S2.Na/c1-11(22)24-14-7-8-23-21(25-14)33-13-10-32-19-16(18(29)27(19)17(13)20(30)31)26-15(28)9-12-5-3-2-4-6-12;/h2-8,16,19H,9-10H2,1H3,(H,26,28)(H,30,31)(H2,22,23,24,25);/q;+1/p-1/t16?,19-;/m1./s1. The number of fused-ring (bicyclic) bond motifs is 1. The Morgan fingerprint density at radius 3 is 2.74 bits per heavy atom. The van der Waals surface area contributed by atoms with Crippen molar-refractivity contribution in [2.45, 2.75) is 29.9 Å². The summed E-state index contributed by atoms with van der Waals surface area (Å²) in [6.45, 7) is 1.62. The smallest absolute Gasteiger partial charge is 0.543 e. The number of aliphatic carboxylic acids is 1. The predicted octanol–water partition coefficient (Wildman–Crippen LogP) is -2.81. The zero-order valence-electron chi connectivity index (χ0n) is 18.4. The Kier molecular flexibility index (Phi) is 8.77. The van der Waals surface area contributed by atoms with Crippen LogP contribution in [-0.2, 0) is 20.8 Å². The molecule has 1 aromatic carbocycles. The number of aromatic nitrogens is 2. The van der Waals surface area contributed by atoms with Crippen LogP contribution in [0.5, 0.6) is 0 Å². The van der Waals surface area contributed by atoms with Crippen LogP contribution in [0.3, 0.4) is 0 Å². The molecule has 0 radical (unpaired) electrons. The number of nitrogens with two attached hydrogens (primary N) is 1. The molecule has 1 fully saturated rings. The molecule has 1 unspecified atom stereocenters. The number of nitrogens with one attached hydrogen (secondary N) is 1. The van der Waals surface area contributed by atoms with E-state index in [9.17, 15) is 19.5 Å². The molecule has 4 rings (SSSR count). The zero-order valence-corrected chi connectivity index (χ0v) is 22.1. The first-order valence-corrected chi connectivity index (χ1v) is 11.7. The van der Waals surface area contributed by atoms with Gasteiger partial charge in [0.1, 0.15) is 11.4 Å². The van der Waals surface area contributed by atoms with Crippen LogP contribution >= 0.6 is 23.5 Å². The van der Waals surface area contributed by atoms with E-state index in [1.165, 1.54) is 18.0 Å². The van der Waals surface area contributed by atoms with Crippen LogP contribution in [0.4, 0.5) is 5.82 Å². The average Bonchev–Trinajstić information content (AvgIpc) is 2.77. The van der Waals surface area contributed by atoms with Gasteiger partial charge in [-0.3, -0.25) is 14.5 Å². The maximum absolute atomic E-state index is 12.8. The number of β-lactam (4-membered cyclic amide) rings is 1. The Bertz CT molecular complexity index is 1170. The third kappa shape index (κ3) is 5.81. The summed E-state index contributed by atoms with van der Waals surface area (Å²) in [5.74, 6) is -1.33. The first kappa shape index (κ1) is 26.2. The number of amidine groups is 1. The van der Waals surface area contributed by atoms with Gasteiger partial charge in [-0.1, -0.05) is 42.1 Å². The molecule has 1 aromatic heterocycles. The van der Waals surface area contributed by atoms with Gasteiger partial charge in [-0.15, -0.1) is 11.8 Å². The van der Waals surface area contributed by atoms with Crippen molar-refractivity contribution in [3.63, 3.8) is 0 Å². The van der Waals surface area contributed by atoms with E-state index in [4.69, 9.17) is 5.73 Å². The molecular formula is C21H19N6NaO4S2. The van der Waals surface area contributed by atoms with E-state index in [2.05, 4.69) is 20.3 Å². The van der Waals surface area contributed by atoms with Gasteiger partial charge in [-0.25, -0.2) is 15.0 Å². The molecule has 1 saturated heterocycles. The van der Waals surface area contributed by atoms with Gasteiger partial charge in [0.2, 0.25) is 5.91 Å². The van der Waals surface area contributed by atoms with Gasteiger partial charge in [0.05, 0.1) is 23.9 Å². The zero-order chi connectivity index (χ0) is 23.5. The Morgan fingerprint density at radius 2 is 2.06 bits per heavy atom. The normalized spacial score (nSPS) is 19.6. The summed E-state index contributed by atoms with van der Waals surface area (Å²) in [6.07, 6.45) is 1.62.